The predicted octanol–water partition coefficient (Wildman–Crippen LogP) is 0.885. The van der Waals surface area contributed by atoms with Gasteiger partial charge in [-0.05, 0) is 17.8 Å². The van der Waals surface area contributed by atoms with Crippen LogP contribution in [0.15, 0.2) is 0 Å². The predicted molar refractivity (Wildman–Crippen MR) is 65.9 cm³/mol. The van der Waals surface area contributed by atoms with Gasteiger partial charge in [-0.25, -0.2) is 0 Å². The number of hydrogen-bond acceptors (Lipinski definition) is 3. The third kappa shape index (κ3) is 8.68. The molecule has 0 saturated heterocycles. The first-order valence-corrected chi connectivity index (χ1v) is 5.87. The summed E-state index contributed by atoms with van der Waals surface area (Å²) in [6.45, 7) is 8.82. The monoisotopic (exact) mass is 230 g/mol. The summed E-state index contributed by atoms with van der Waals surface area (Å²) in [5.41, 5.74) is 6.04. The maximum Gasteiger partial charge on any atom is 0.221 e. The number of amides is 1. The third-order valence-corrected chi connectivity index (χ3v) is 2.28. The zero-order valence-electron chi connectivity index (χ0n) is 10.9. The van der Waals surface area contributed by atoms with E-state index in [1.165, 1.54) is 0 Å². The Morgan fingerprint density at radius 2 is 2.00 bits per heavy atom. The van der Waals surface area contributed by atoms with Gasteiger partial charge in [0.25, 0.3) is 0 Å². The van der Waals surface area contributed by atoms with Crippen molar-refractivity contribution in [1.82, 2.24) is 5.32 Å². The van der Waals surface area contributed by atoms with E-state index in [1.54, 1.807) is 0 Å². The molecule has 0 aliphatic rings. The quantitative estimate of drug-likeness (QED) is 0.634. The molecule has 0 aromatic heterocycles. The molecule has 0 fully saturated rings. The van der Waals surface area contributed by atoms with Crippen molar-refractivity contribution in [3.05, 3.63) is 0 Å². The van der Waals surface area contributed by atoms with Gasteiger partial charge in [0, 0.05) is 25.6 Å². The molecule has 0 spiro atoms. The maximum absolute atomic E-state index is 11.5. The lowest BCUT2D eigenvalue weighted by Crippen LogP contribution is -2.36. The van der Waals surface area contributed by atoms with Crippen molar-refractivity contribution in [2.75, 3.05) is 13.2 Å². The molecule has 16 heavy (non-hydrogen) atoms. The van der Waals surface area contributed by atoms with E-state index >= 15 is 0 Å². The van der Waals surface area contributed by atoms with Crippen LogP contribution in [0.1, 0.15) is 40.5 Å². The van der Waals surface area contributed by atoms with Crippen molar-refractivity contribution in [1.29, 1.82) is 0 Å². The van der Waals surface area contributed by atoms with Gasteiger partial charge >= 0.3 is 0 Å². The van der Waals surface area contributed by atoms with Gasteiger partial charge in [0.05, 0.1) is 0 Å². The van der Waals surface area contributed by atoms with Crippen LogP contribution in [0.4, 0.5) is 0 Å². The molecule has 0 bridgehead atoms. The molecule has 0 aromatic rings. The van der Waals surface area contributed by atoms with Crippen LogP contribution in [-0.2, 0) is 4.79 Å². The molecule has 2 atom stereocenters. The number of nitrogens with one attached hydrogen (secondary N) is 1. The lowest BCUT2D eigenvalue weighted by Gasteiger charge is -2.22. The molecule has 0 radical (unpaired) electrons. The zero-order valence-corrected chi connectivity index (χ0v) is 10.9. The van der Waals surface area contributed by atoms with Crippen LogP contribution in [0.2, 0.25) is 0 Å². The minimum Gasteiger partial charge on any atom is -0.396 e. The number of nitrogens with two attached hydrogens (primary N) is 1. The summed E-state index contributed by atoms with van der Waals surface area (Å²) < 4.78 is 0. The molecule has 4 nitrogen and oxygen atoms in total. The number of aliphatic hydroxyl groups is 1. The first-order chi connectivity index (χ1) is 7.24. The fourth-order valence-corrected chi connectivity index (χ4v) is 1.52. The van der Waals surface area contributed by atoms with Gasteiger partial charge in [-0.1, -0.05) is 27.7 Å². The largest absolute Gasteiger partial charge is 0.396 e. The highest BCUT2D eigenvalue weighted by Gasteiger charge is 2.18. The molecule has 96 valence electrons. The standard InChI is InChI=1S/C12H26N2O2/c1-9(8-15)7-14-11(16)5-10(13)6-12(2,3)4/h9-10,15H,5-8,13H2,1-4H3,(H,14,16). The van der Waals surface area contributed by atoms with E-state index in [2.05, 4.69) is 26.1 Å². The van der Waals surface area contributed by atoms with Crippen LogP contribution < -0.4 is 11.1 Å². The minimum atomic E-state index is -0.0931. The van der Waals surface area contributed by atoms with E-state index in [0.717, 1.165) is 6.42 Å². The van der Waals surface area contributed by atoms with Gasteiger partial charge in [0.2, 0.25) is 5.91 Å². The topological polar surface area (TPSA) is 75.3 Å². The van der Waals surface area contributed by atoms with Gasteiger partial charge in [-0.3, -0.25) is 4.79 Å². The van der Waals surface area contributed by atoms with Crippen LogP contribution in [0.5, 0.6) is 0 Å². The van der Waals surface area contributed by atoms with Gasteiger partial charge in [-0.2, -0.15) is 0 Å². The number of hydrogen-bond donors (Lipinski definition) is 3. The van der Waals surface area contributed by atoms with Gasteiger partial charge < -0.3 is 16.2 Å². The van der Waals surface area contributed by atoms with Crippen molar-refractivity contribution in [3.63, 3.8) is 0 Å². The number of carbonyl (C=O) groups excluding carboxylic acids is 1. The second kappa shape index (κ2) is 6.86. The molecule has 1 amide bonds. The fourth-order valence-electron chi connectivity index (χ4n) is 1.52. The van der Waals surface area contributed by atoms with Crippen molar-refractivity contribution >= 4 is 5.91 Å². The Bertz CT molecular complexity index is 212. The highest BCUT2D eigenvalue weighted by atomic mass is 16.3. The van der Waals surface area contributed by atoms with E-state index in [4.69, 9.17) is 10.8 Å². The normalized spacial score (nSPS) is 15.6. The van der Waals surface area contributed by atoms with Crippen molar-refractivity contribution in [2.24, 2.45) is 17.1 Å². The summed E-state index contributed by atoms with van der Waals surface area (Å²) in [6.07, 6.45) is 1.19. The lowest BCUT2D eigenvalue weighted by atomic mass is 9.87. The van der Waals surface area contributed by atoms with E-state index in [1.807, 2.05) is 6.92 Å². The zero-order chi connectivity index (χ0) is 12.8. The highest BCUT2D eigenvalue weighted by molar-refractivity contribution is 5.76. The van der Waals surface area contributed by atoms with Gasteiger partial charge in [0.1, 0.15) is 0 Å². The lowest BCUT2D eigenvalue weighted by molar-refractivity contribution is -0.121. The Labute approximate surface area is 98.6 Å². The molecule has 4 N–H and O–H groups in total. The van der Waals surface area contributed by atoms with Crippen LogP contribution >= 0.6 is 0 Å². The van der Waals surface area contributed by atoms with Crippen molar-refractivity contribution in [2.45, 2.75) is 46.6 Å². The number of carbonyl (C=O) groups is 1. The van der Waals surface area contributed by atoms with Crippen molar-refractivity contribution in [3.8, 4) is 0 Å². The van der Waals surface area contributed by atoms with Gasteiger partial charge in [-0.15, -0.1) is 0 Å². The molecule has 4 heteroatoms. The van der Waals surface area contributed by atoms with Gasteiger partial charge in [0.15, 0.2) is 0 Å². The van der Waals surface area contributed by atoms with E-state index in [-0.39, 0.29) is 29.9 Å². The third-order valence-electron chi connectivity index (χ3n) is 2.28. The molecule has 0 rings (SSSR count). The summed E-state index contributed by atoms with van der Waals surface area (Å²) in [6, 6.07) is -0.0931. The molecule has 0 aliphatic heterocycles. The van der Waals surface area contributed by atoms with Crippen LogP contribution in [-0.4, -0.2) is 30.2 Å². The maximum atomic E-state index is 11.5. The number of aliphatic hydroxyl groups excluding tert-OH is 1. The molecule has 0 aromatic carbocycles. The summed E-state index contributed by atoms with van der Waals surface area (Å²) in [5, 5.41) is 11.6. The molecular formula is C12H26N2O2. The summed E-state index contributed by atoms with van der Waals surface area (Å²) in [4.78, 5) is 11.5. The van der Waals surface area contributed by atoms with E-state index in [0.29, 0.717) is 13.0 Å². The highest BCUT2D eigenvalue weighted by Crippen LogP contribution is 2.20. The smallest absolute Gasteiger partial charge is 0.221 e. The van der Waals surface area contributed by atoms with Crippen LogP contribution in [0.3, 0.4) is 0 Å². The van der Waals surface area contributed by atoms with Crippen molar-refractivity contribution < 1.29 is 9.90 Å². The average Bonchev–Trinajstić information content (AvgIpc) is 2.10. The Hall–Kier alpha value is -0.610. The second-order valence-electron chi connectivity index (χ2n) is 5.82. The minimum absolute atomic E-state index is 0.0305. The Morgan fingerprint density at radius 3 is 2.44 bits per heavy atom. The summed E-state index contributed by atoms with van der Waals surface area (Å²) >= 11 is 0. The Kier molecular flexibility index (Phi) is 6.60. The van der Waals surface area contributed by atoms with Crippen LogP contribution in [0, 0.1) is 11.3 Å². The Morgan fingerprint density at radius 1 is 1.44 bits per heavy atom. The van der Waals surface area contributed by atoms with E-state index < -0.39 is 0 Å². The molecule has 2 unspecified atom stereocenters. The Balaban J connectivity index is 3.79. The van der Waals surface area contributed by atoms with Crippen LogP contribution in [0.25, 0.3) is 0 Å². The summed E-state index contributed by atoms with van der Waals surface area (Å²) in [5.74, 6) is 0.0693. The molecule has 0 saturated carbocycles. The molecule has 0 aliphatic carbocycles. The SMILES string of the molecule is CC(CO)CNC(=O)CC(N)CC(C)(C)C. The fraction of sp³-hybridized carbons (Fsp3) is 0.917. The number of rotatable bonds is 6. The first-order valence-electron chi connectivity index (χ1n) is 5.87. The molecular weight excluding hydrogens is 204 g/mol. The van der Waals surface area contributed by atoms with E-state index in [9.17, 15) is 4.79 Å². The second-order valence-corrected chi connectivity index (χ2v) is 5.82. The first kappa shape index (κ1) is 15.4. The summed E-state index contributed by atoms with van der Waals surface area (Å²) in [7, 11) is 0. The average molecular weight is 230 g/mol. The molecule has 0 heterocycles.